The van der Waals surface area contributed by atoms with E-state index in [1.807, 2.05) is 0 Å². The van der Waals surface area contributed by atoms with Gasteiger partial charge in [0.15, 0.2) is 0 Å². The molecule has 0 spiro atoms. The van der Waals surface area contributed by atoms with Crippen LogP contribution in [-0.2, 0) is 6.42 Å². The fourth-order valence-electron chi connectivity index (χ4n) is 3.18. The SMILES string of the molecule is CCCNC1c2ccccc2CC1N(C)C(C)(C)CC. The minimum Gasteiger partial charge on any atom is -0.309 e. The van der Waals surface area contributed by atoms with Gasteiger partial charge in [-0.05, 0) is 57.8 Å². The van der Waals surface area contributed by atoms with Crippen LogP contribution in [0, 0.1) is 0 Å². The van der Waals surface area contributed by atoms with Gasteiger partial charge in [0.05, 0.1) is 0 Å². The molecule has 0 radical (unpaired) electrons. The molecule has 2 nitrogen and oxygen atoms in total. The molecule has 2 atom stereocenters. The summed E-state index contributed by atoms with van der Waals surface area (Å²) in [6.07, 6.45) is 3.53. The van der Waals surface area contributed by atoms with Gasteiger partial charge < -0.3 is 5.32 Å². The summed E-state index contributed by atoms with van der Waals surface area (Å²) in [5.41, 5.74) is 3.27. The van der Waals surface area contributed by atoms with E-state index in [1.165, 1.54) is 24.0 Å². The Balaban J connectivity index is 2.25. The van der Waals surface area contributed by atoms with Crippen molar-refractivity contribution in [2.45, 2.75) is 64.6 Å². The molecule has 0 aromatic heterocycles. The van der Waals surface area contributed by atoms with Crippen molar-refractivity contribution in [3.05, 3.63) is 35.4 Å². The number of likely N-dealkylation sites (N-methyl/N-ethyl adjacent to an activating group) is 1. The van der Waals surface area contributed by atoms with Crippen molar-refractivity contribution >= 4 is 0 Å². The molecule has 20 heavy (non-hydrogen) atoms. The van der Waals surface area contributed by atoms with E-state index in [-0.39, 0.29) is 5.54 Å². The lowest BCUT2D eigenvalue weighted by atomic mass is 9.95. The van der Waals surface area contributed by atoms with Crippen LogP contribution >= 0.6 is 0 Å². The van der Waals surface area contributed by atoms with Crippen LogP contribution in [0.4, 0.5) is 0 Å². The Kier molecular flexibility index (Phi) is 4.87. The zero-order valence-corrected chi connectivity index (χ0v) is 13.7. The maximum atomic E-state index is 3.77. The van der Waals surface area contributed by atoms with Crippen LogP contribution in [-0.4, -0.2) is 30.1 Å². The highest BCUT2D eigenvalue weighted by Crippen LogP contribution is 2.37. The molecule has 1 aliphatic carbocycles. The van der Waals surface area contributed by atoms with Gasteiger partial charge in [-0.1, -0.05) is 38.1 Å². The Bertz CT molecular complexity index is 439. The summed E-state index contributed by atoms with van der Waals surface area (Å²) in [6.45, 7) is 10.3. The van der Waals surface area contributed by atoms with Crippen molar-refractivity contribution in [1.29, 1.82) is 0 Å². The van der Waals surface area contributed by atoms with Gasteiger partial charge >= 0.3 is 0 Å². The van der Waals surface area contributed by atoms with Gasteiger partial charge in [-0.25, -0.2) is 0 Å². The Morgan fingerprint density at radius 1 is 1.25 bits per heavy atom. The molecule has 0 saturated carbocycles. The number of fused-ring (bicyclic) bond motifs is 1. The molecule has 0 bridgehead atoms. The zero-order valence-electron chi connectivity index (χ0n) is 13.7. The van der Waals surface area contributed by atoms with E-state index < -0.39 is 0 Å². The Hall–Kier alpha value is -0.860. The molecule has 2 unspecified atom stereocenters. The molecule has 1 aromatic rings. The molecule has 0 saturated heterocycles. The Morgan fingerprint density at radius 2 is 1.95 bits per heavy atom. The van der Waals surface area contributed by atoms with Crippen molar-refractivity contribution in [2.75, 3.05) is 13.6 Å². The fraction of sp³-hybridized carbons (Fsp3) is 0.667. The van der Waals surface area contributed by atoms with Gasteiger partial charge in [-0.15, -0.1) is 0 Å². The highest BCUT2D eigenvalue weighted by Gasteiger charge is 2.38. The summed E-state index contributed by atoms with van der Waals surface area (Å²) in [6, 6.07) is 9.98. The summed E-state index contributed by atoms with van der Waals surface area (Å²) in [4.78, 5) is 2.58. The molecular weight excluding hydrogens is 244 g/mol. The summed E-state index contributed by atoms with van der Waals surface area (Å²) in [5, 5.41) is 3.77. The lowest BCUT2D eigenvalue weighted by molar-refractivity contribution is 0.0806. The smallest absolute Gasteiger partial charge is 0.0484 e. The van der Waals surface area contributed by atoms with Gasteiger partial charge in [0, 0.05) is 17.6 Å². The molecule has 1 N–H and O–H groups in total. The van der Waals surface area contributed by atoms with Gasteiger partial charge in [-0.3, -0.25) is 4.90 Å². The molecule has 0 heterocycles. The van der Waals surface area contributed by atoms with Crippen LogP contribution < -0.4 is 5.32 Å². The van der Waals surface area contributed by atoms with Gasteiger partial charge in [0.1, 0.15) is 0 Å². The minimum atomic E-state index is 0.249. The second kappa shape index (κ2) is 6.28. The fourth-order valence-corrected chi connectivity index (χ4v) is 3.18. The number of hydrogen-bond donors (Lipinski definition) is 1. The van der Waals surface area contributed by atoms with Crippen molar-refractivity contribution in [1.82, 2.24) is 10.2 Å². The van der Waals surface area contributed by atoms with Crippen molar-refractivity contribution in [2.24, 2.45) is 0 Å². The molecule has 0 amide bonds. The first-order valence-corrected chi connectivity index (χ1v) is 8.05. The third-order valence-electron chi connectivity index (χ3n) is 5.14. The maximum Gasteiger partial charge on any atom is 0.0484 e. The maximum absolute atomic E-state index is 3.77. The van der Waals surface area contributed by atoms with E-state index in [4.69, 9.17) is 0 Å². The van der Waals surface area contributed by atoms with Gasteiger partial charge in [0.2, 0.25) is 0 Å². The largest absolute Gasteiger partial charge is 0.309 e. The zero-order chi connectivity index (χ0) is 14.8. The Labute approximate surface area is 124 Å². The van der Waals surface area contributed by atoms with Gasteiger partial charge in [0.25, 0.3) is 0 Å². The van der Waals surface area contributed by atoms with Gasteiger partial charge in [-0.2, -0.15) is 0 Å². The average Bonchev–Trinajstić information content (AvgIpc) is 2.82. The lowest BCUT2D eigenvalue weighted by Crippen LogP contribution is -2.51. The number of rotatable bonds is 6. The number of benzene rings is 1. The monoisotopic (exact) mass is 274 g/mol. The minimum absolute atomic E-state index is 0.249. The molecule has 2 heteroatoms. The number of nitrogens with zero attached hydrogens (tertiary/aromatic N) is 1. The summed E-state index contributed by atoms with van der Waals surface area (Å²) in [5.74, 6) is 0. The van der Waals surface area contributed by atoms with Crippen molar-refractivity contribution < 1.29 is 0 Å². The lowest BCUT2D eigenvalue weighted by Gasteiger charge is -2.42. The third kappa shape index (κ3) is 2.91. The third-order valence-corrected chi connectivity index (χ3v) is 5.14. The Morgan fingerprint density at radius 3 is 2.60 bits per heavy atom. The van der Waals surface area contributed by atoms with Crippen LogP contribution in [0.1, 0.15) is 57.7 Å². The molecule has 0 aliphatic heterocycles. The second-order valence-electron chi connectivity index (χ2n) is 6.68. The predicted octanol–water partition coefficient (Wildman–Crippen LogP) is 3.77. The van der Waals surface area contributed by atoms with Crippen molar-refractivity contribution in [3.8, 4) is 0 Å². The summed E-state index contributed by atoms with van der Waals surface area (Å²) >= 11 is 0. The van der Waals surface area contributed by atoms with Crippen LogP contribution in [0.25, 0.3) is 0 Å². The molecule has 112 valence electrons. The van der Waals surface area contributed by atoms with E-state index in [0.29, 0.717) is 12.1 Å². The normalized spacial score (nSPS) is 22.3. The van der Waals surface area contributed by atoms with Crippen LogP contribution in [0.5, 0.6) is 0 Å². The highest BCUT2D eigenvalue weighted by atomic mass is 15.2. The first kappa shape index (κ1) is 15.5. The summed E-state index contributed by atoms with van der Waals surface area (Å²) < 4.78 is 0. The second-order valence-corrected chi connectivity index (χ2v) is 6.68. The standard InChI is InChI=1S/C18H30N2/c1-6-12-19-17-15-11-9-8-10-14(15)13-16(17)20(5)18(3,4)7-2/h8-11,16-17,19H,6-7,12-13H2,1-5H3. The van der Waals surface area contributed by atoms with Crippen molar-refractivity contribution in [3.63, 3.8) is 0 Å². The summed E-state index contributed by atoms with van der Waals surface area (Å²) in [7, 11) is 2.29. The predicted molar refractivity (Wildman–Crippen MR) is 87.1 cm³/mol. The van der Waals surface area contributed by atoms with E-state index in [2.05, 4.69) is 69.2 Å². The van der Waals surface area contributed by atoms with E-state index in [1.54, 1.807) is 0 Å². The van der Waals surface area contributed by atoms with Crippen LogP contribution in [0.15, 0.2) is 24.3 Å². The average molecular weight is 274 g/mol. The van der Waals surface area contributed by atoms with Crippen LogP contribution in [0.2, 0.25) is 0 Å². The number of nitrogens with one attached hydrogen (secondary N) is 1. The quantitative estimate of drug-likeness (QED) is 0.849. The van der Waals surface area contributed by atoms with E-state index in [9.17, 15) is 0 Å². The number of hydrogen-bond acceptors (Lipinski definition) is 2. The molecule has 1 aliphatic rings. The highest BCUT2D eigenvalue weighted by molar-refractivity contribution is 5.37. The first-order valence-electron chi connectivity index (χ1n) is 8.05. The molecule has 2 rings (SSSR count). The van der Waals surface area contributed by atoms with Crippen LogP contribution in [0.3, 0.4) is 0 Å². The molecular formula is C18H30N2. The molecule has 1 aromatic carbocycles. The van der Waals surface area contributed by atoms with E-state index >= 15 is 0 Å². The topological polar surface area (TPSA) is 15.3 Å². The van der Waals surface area contributed by atoms with E-state index in [0.717, 1.165) is 13.0 Å². The molecule has 0 fully saturated rings. The first-order chi connectivity index (χ1) is 9.51.